The van der Waals surface area contributed by atoms with Crippen molar-refractivity contribution in [2.24, 2.45) is 17.8 Å². The molecule has 1 nitrogen and oxygen atoms in total. The first-order chi connectivity index (χ1) is 6.38. The van der Waals surface area contributed by atoms with Gasteiger partial charge in [-0.1, -0.05) is 26.7 Å². The molecule has 1 N–H and O–H groups in total. The van der Waals surface area contributed by atoms with Crippen molar-refractivity contribution < 1.29 is 0 Å². The first-order valence-electron chi connectivity index (χ1n) is 6.11. The second-order valence-corrected chi connectivity index (χ2v) is 4.81. The lowest BCUT2D eigenvalue weighted by atomic mass is 9.61. The molecule has 0 radical (unpaired) electrons. The molecule has 2 aliphatic rings. The number of hydrogen-bond donors (Lipinski definition) is 1. The lowest BCUT2D eigenvalue weighted by Gasteiger charge is -2.49. The SMILES string of the molecule is CCCNC1C(CC)C2CCCC21. The van der Waals surface area contributed by atoms with Crippen LogP contribution in [0.1, 0.15) is 46.0 Å². The molecule has 4 atom stereocenters. The zero-order valence-electron chi connectivity index (χ0n) is 9.05. The van der Waals surface area contributed by atoms with Gasteiger partial charge >= 0.3 is 0 Å². The van der Waals surface area contributed by atoms with E-state index in [1.54, 1.807) is 0 Å². The van der Waals surface area contributed by atoms with Gasteiger partial charge in [-0.15, -0.1) is 0 Å². The van der Waals surface area contributed by atoms with Gasteiger partial charge in [0.2, 0.25) is 0 Å². The van der Waals surface area contributed by atoms with E-state index in [1.165, 1.54) is 38.6 Å². The van der Waals surface area contributed by atoms with Gasteiger partial charge in [0.25, 0.3) is 0 Å². The van der Waals surface area contributed by atoms with Crippen LogP contribution in [0, 0.1) is 17.8 Å². The predicted molar refractivity (Wildman–Crippen MR) is 56.7 cm³/mol. The number of hydrogen-bond acceptors (Lipinski definition) is 1. The van der Waals surface area contributed by atoms with E-state index in [4.69, 9.17) is 0 Å². The Labute approximate surface area is 82.3 Å². The Kier molecular flexibility index (Phi) is 2.92. The number of fused-ring (bicyclic) bond motifs is 1. The summed E-state index contributed by atoms with van der Waals surface area (Å²) in [6.45, 7) is 5.85. The smallest absolute Gasteiger partial charge is 0.0129 e. The van der Waals surface area contributed by atoms with E-state index in [9.17, 15) is 0 Å². The summed E-state index contributed by atoms with van der Waals surface area (Å²) in [4.78, 5) is 0. The molecule has 2 aliphatic carbocycles. The van der Waals surface area contributed by atoms with Gasteiger partial charge in [-0.3, -0.25) is 0 Å². The molecule has 0 saturated heterocycles. The highest BCUT2D eigenvalue weighted by atomic mass is 15.0. The molecule has 0 aromatic heterocycles. The number of rotatable bonds is 4. The highest BCUT2D eigenvalue weighted by molar-refractivity contribution is 5.03. The lowest BCUT2D eigenvalue weighted by molar-refractivity contribution is 0.0357. The van der Waals surface area contributed by atoms with E-state index in [2.05, 4.69) is 19.2 Å². The van der Waals surface area contributed by atoms with Crippen LogP contribution in [-0.2, 0) is 0 Å². The first kappa shape index (κ1) is 9.51. The van der Waals surface area contributed by atoms with Gasteiger partial charge in [0.15, 0.2) is 0 Å². The van der Waals surface area contributed by atoms with Crippen LogP contribution in [0.15, 0.2) is 0 Å². The molecule has 0 aromatic carbocycles. The molecule has 0 aromatic rings. The highest BCUT2D eigenvalue weighted by Gasteiger charge is 2.50. The molecule has 2 saturated carbocycles. The van der Waals surface area contributed by atoms with Crippen LogP contribution in [0.2, 0.25) is 0 Å². The predicted octanol–water partition coefficient (Wildman–Crippen LogP) is 2.81. The maximum Gasteiger partial charge on any atom is 0.0129 e. The minimum absolute atomic E-state index is 0.887. The van der Waals surface area contributed by atoms with Crippen molar-refractivity contribution in [3.63, 3.8) is 0 Å². The molecule has 0 aliphatic heterocycles. The summed E-state index contributed by atoms with van der Waals surface area (Å²) in [5.41, 5.74) is 0. The Morgan fingerprint density at radius 2 is 1.92 bits per heavy atom. The Morgan fingerprint density at radius 1 is 1.15 bits per heavy atom. The Morgan fingerprint density at radius 3 is 2.62 bits per heavy atom. The van der Waals surface area contributed by atoms with Gasteiger partial charge in [-0.2, -0.15) is 0 Å². The molecule has 1 heteroatoms. The van der Waals surface area contributed by atoms with Gasteiger partial charge in [-0.05, 0) is 43.6 Å². The molecule has 0 heterocycles. The molecule has 0 bridgehead atoms. The minimum atomic E-state index is 0.887. The van der Waals surface area contributed by atoms with Gasteiger partial charge in [0.05, 0.1) is 0 Å². The van der Waals surface area contributed by atoms with Crippen LogP contribution < -0.4 is 5.32 Å². The third kappa shape index (κ3) is 1.52. The topological polar surface area (TPSA) is 12.0 Å². The highest BCUT2D eigenvalue weighted by Crippen LogP contribution is 2.52. The third-order valence-corrected chi connectivity index (χ3v) is 4.20. The fourth-order valence-corrected chi connectivity index (χ4v) is 3.60. The standard InChI is InChI=1S/C12H23N/c1-3-8-13-12-9(4-2)10-6-5-7-11(10)12/h9-13H,3-8H2,1-2H3. The maximum absolute atomic E-state index is 3.74. The molecule has 0 amide bonds. The normalized spacial score (nSPS) is 42.9. The van der Waals surface area contributed by atoms with Crippen LogP contribution in [0.25, 0.3) is 0 Å². The average Bonchev–Trinajstić information content (AvgIpc) is 2.51. The fraction of sp³-hybridized carbons (Fsp3) is 1.00. The summed E-state index contributed by atoms with van der Waals surface area (Å²) in [6.07, 6.45) is 7.19. The van der Waals surface area contributed by atoms with Crippen molar-refractivity contribution in [3.05, 3.63) is 0 Å². The van der Waals surface area contributed by atoms with Gasteiger partial charge < -0.3 is 5.32 Å². The zero-order chi connectivity index (χ0) is 9.26. The van der Waals surface area contributed by atoms with E-state index < -0.39 is 0 Å². The molecule has 2 fully saturated rings. The molecule has 76 valence electrons. The van der Waals surface area contributed by atoms with E-state index in [1.807, 2.05) is 0 Å². The average molecular weight is 181 g/mol. The van der Waals surface area contributed by atoms with Gasteiger partial charge in [-0.25, -0.2) is 0 Å². The van der Waals surface area contributed by atoms with E-state index in [-0.39, 0.29) is 0 Å². The van der Waals surface area contributed by atoms with Crippen molar-refractivity contribution >= 4 is 0 Å². The summed E-state index contributed by atoms with van der Waals surface area (Å²) >= 11 is 0. The first-order valence-corrected chi connectivity index (χ1v) is 6.11. The fourth-order valence-electron chi connectivity index (χ4n) is 3.60. The lowest BCUT2D eigenvalue weighted by Crippen LogP contribution is -2.56. The Hall–Kier alpha value is -0.0400. The van der Waals surface area contributed by atoms with Crippen molar-refractivity contribution in [1.29, 1.82) is 0 Å². The van der Waals surface area contributed by atoms with Crippen molar-refractivity contribution in [2.45, 2.75) is 52.0 Å². The summed E-state index contributed by atoms with van der Waals surface area (Å²) < 4.78 is 0. The molecular weight excluding hydrogens is 158 g/mol. The van der Waals surface area contributed by atoms with E-state index in [0.29, 0.717) is 0 Å². The largest absolute Gasteiger partial charge is 0.313 e. The quantitative estimate of drug-likeness (QED) is 0.703. The molecule has 2 rings (SSSR count). The van der Waals surface area contributed by atoms with Crippen LogP contribution >= 0.6 is 0 Å². The van der Waals surface area contributed by atoms with Crippen LogP contribution in [-0.4, -0.2) is 12.6 Å². The Bertz CT molecular complexity index is 167. The van der Waals surface area contributed by atoms with Crippen molar-refractivity contribution in [3.8, 4) is 0 Å². The number of nitrogens with one attached hydrogen (secondary N) is 1. The van der Waals surface area contributed by atoms with Crippen LogP contribution in [0.5, 0.6) is 0 Å². The molecular formula is C12H23N. The summed E-state index contributed by atoms with van der Waals surface area (Å²) in [5, 5.41) is 3.74. The van der Waals surface area contributed by atoms with Crippen LogP contribution in [0.4, 0.5) is 0 Å². The van der Waals surface area contributed by atoms with Crippen LogP contribution in [0.3, 0.4) is 0 Å². The summed E-state index contributed by atoms with van der Waals surface area (Å²) in [6, 6.07) is 0.887. The zero-order valence-corrected chi connectivity index (χ0v) is 9.05. The maximum atomic E-state index is 3.74. The molecule has 0 spiro atoms. The van der Waals surface area contributed by atoms with E-state index in [0.717, 1.165) is 23.8 Å². The minimum Gasteiger partial charge on any atom is -0.313 e. The second kappa shape index (κ2) is 4.00. The van der Waals surface area contributed by atoms with Gasteiger partial charge in [0, 0.05) is 6.04 Å². The summed E-state index contributed by atoms with van der Waals surface area (Å²) in [7, 11) is 0. The monoisotopic (exact) mass is 181 g/mol. The van der Waals surface area contributed by atoms with E-state index >= 15 is 0 Å². The summed E-state index contributed by atoms with van der Waals surface area (Å²) in [5.74, 6) is 3.16. The van der Waals surface area contributed by atoms with Gasteiger partial charge in [0.1, 0.15) is 0 Å². The second-order valence-electron chi connectivity index (χ2n) is 4.81. The Balaban J connectivity index is 1.87. The van der Waals surface area contributed by atoms with Crippen molar-refractivity contribution in [2.75, 3.05) is 6.54 Å². The van der Waals surface area contributed by atoms with Crippen molar-refractivity contribution in [1.82, 2.24) is 5.32 Å². The molecule has 13 heavy (non-hydrogen) atoms. The molecule has 4 unspecified atom stereocenters. The third-order valence-electron chi connectivity index (χ3n) is 4.20.